The molecule has 0 unspecified atom stereocenters. The quantitative estimate of drug-likeness (QED) is 0.0830. The topological polar surface area (TPSA) is 194 Å². The SMILES string of the molecule is CC(C)c1ccccc1[C@@H]1CCCN1C1CC2(CCN(c3ccc(C(=O)NS(=O)(=O)c4cc([N+](=O)[O-])c5c(n4)OC[C@H](Cc4ccccc4)N5)c(-n4[nH]cc5nc6nccc6cc54)c3)CC2)C1. The number of carbonyl (C=O) groups excluding carboxylic acids is 1. The molecule has 67 heavy (non-hydrogen) atoms. The zero-order valence-corrected chi connectivity index (χ0v) is 38.2. The standard InChI is InChI=1S/C50H52N10O6S/c1-31(2)37-11-6-7-12-38(37)41-13-8-20-58(41)36-27-50(28-36)17-21-57(22-18-50)35-14-15-39(42(25-35)59-43-24-33-16-19-51-47(33)54-40(43)29-52-59)48(61)56-67(64,65)45-26-44(60(62)63)46-49(55-45)66-30-34(53-46)23-32-9-4-3-5-10-32/h3-7,9-12,14-16,19,24-26,29,31,34,36,41,52-53H,8,13,17-18,20-23,27-28,30H2,1-2H3,(H,56,61)/t34-,41-/m0/s1. The number of nitrogens with zero attached hydrogens (tertiary/aromatic N) is 7. The summed E-state index contributed by atoms with van der Waals surface area (Å²) in [5.41, 5.74) is 6.86. The number of nitro groups is 1. The van der Waals surface area contributed by atoms with Crippen molar-refractivity contribution in [1.29, 1.82) is 0 Å². The van der Waals surface area contributed by atoms with Crippen LogP contribution >= 0.6 is 0 Å². The Bertz CT molecular complexity index is 3160. The minimum atomic E-state index is -4.76. The fourth-order valence-corrected chi connectivity index (χ4v) is 12.0. The summed E-state index contributed by atoms with van der Waals surface area (Å²) in [7, 11) is -4.76. The van der Waals surface area contributed by atoms with Crippen LogP contribution in [0.4, 0.5) is 17.1 Å². The Labute approximate surface area is 387 Å². The third-order valence-electron chi connectivity index (χ3n) is 14.5. The van der Waals surface area contributed by atoms with E-state index in [1.165, 1.54) is 36.8 Å². The van der Waals surface area contributed by atoms with Crippen LogP contribution in [0.2, 0.25) is 0 Å². The molecule has 0 bridgehead atoms. The zero-order chi connectivity index (χ0) is 46.0. The van der Waals surface area contributed by atoms with Crippen molar-refractivity contribution in [3.05, 3.63) is 136 Å². The van der Waals surface area contributed by atoms with E-state index in [-0.39, 0.29) is 29.8 Å². The second-order valence-electron chi connectivity index (χ2n) is 19.0. The van der Waals surface area contributed by atoms with Gasteiger partial charge in [-0.3, -0.25) is 29.6 Å². The molecule has 3 aliphatic heterocycles. The van der Waals surface area contributed by atoms with Gasteiger partial charge in [-0.05, 0) is 110 Å². The Morgan fingerprint density at radius 1 is 0.985 bits per heavy atom. The highest BCUT2D eigenvalue weighted by Crippen LogP contribution is 2.54. The van der Waals surface area contributed by atoms with E-state index in [1.807, 2.05) is 54.6 Å². The molecular formula is C50H52N10O6S. The fraction of sp³-hybridized carbons (Fsp3) is 0.360. The maximum absolute atomic E-state index is 14.3. The van der Waals surface area contributed by atoms with Crippen LogP contribution in [0.1, 0.15) is 91.4 Å². The van der Waals surface area contributed by atoms with Crippen LogP contribution in [0.3, 0.4) is 0 Å². The minimum absolute atomic E-state index is 0.0256. The highest BCUT2D eigenvalue weighted by atomic mass is 32.2. The molecule has 1 amide bonds. The molecule has 1 saturated carbocycles. The van der Waals surface area contributed by atoms with Gasteiger partial charge in [0.1, 0.15) is 12.1 Å². The van der Waals surface area contributed by atoms with Crippen molar-refractivity contribution < 1.29 is 22.9 Å². The Balaban J connectivity index is 0.846. The lowest BCUT2D eigenvalue weighted by Gasteiger charge is -2.56. The van der Waals surface area contributed by atoms with Crippen molar-refractivity contribution in [1.82, 2.24) is 34.4 Å². The highest BCUT2D eigenvalue weighted by Gasteiger charge is 2.50. The molecule has 3 aromatic carbocycles. The summed E-state index contributed by atoms with van der Waals surface area (Å²) in [5, 5.41) is 18.8. The molecule has 1 spiro atoms. The average Bonchev–Trinajstić information content (AvgIpc) is 4.10. The second-order valence-corrected chi connectivity index (χ2v) is 20.6. The fourth-order valence-electron chi connectivity index (χ4n) is 11.1. The third kappa shape index (κ3) is 7.92. The lowest BCUT2D eigenvalue weighted by molar-refractivity contribution is -0.384. The van der Waals surface area contributed by atoms with Crippen LogP contribution < -0.4 is 19.7 Å². The first-order valence-corrected chi connectivity index (χ1v) is 24.7. The lowest BCUT2D eigenvalue weighted by atomic mass is 9.59. The summed E-state index contributed by atoms with van der Waals surface area (Å²) in [5.74, 6) is -0.693. The molecule has 4 aromatic heterocycles. The summed E-state index contributed by atoms with van der Waals surface area (Å²) in [6.45, 7) is 7.50. The van der Waals surface area contributed by atoms with E-state index >= 15 is 0 Å². The molecule has 7 aromatic rings. The van der Waals surface area contributed by atoms with Gasteiger partial charge in [-0.1, -0.05) is 68.4 Å². The predicted octanol–water partition coefficient (Wildman–Crippen LogP) is 8.45. The molecule has 11 rings (SSSR count). The first kappa shape index (κ1) is 42.8. The Morgan fingerprint density at radius 3 is 2.57 bits per heavy atom. The molecule has 3 N–H and O–H groups in total. The molecule has 17 heteroatoms. The van der Waals surface area contributed by atoms with E-state index in [2.05, 4.69) is 73.0 Å². The van der Waals surface area contributed by atoms with Crippen LogP contribution in [-0.2, 0) is 16.4 Å². The van der Waals surface area contributed by atoms with Crippen molar-refractivity contribution in [2.75, 3.05) is 36.5 Å². The van der Waals surface area contributed by atoms with Gasteiger partial charge in [0, 0.05) is 48.6 Å². The van der Waals surface area contributed by atoms with Crippen molar-refractivity contribution in [3.8, 4) is 11.6 Å². The Hall–Kier alpha value is -6.85. The number of anilines is 2. The number of benzene rings is 3. The van der Waals surface area contributed by atoms with Crippen molar-refractivity contribution in [2.45, 2.75) is 87.9 Å². The number of amides is 1. The van der Waals surface area contributed by atoms with Crippen molar-refractivity contribution >= 4 is 55.1 Å². The van der Waals surface area contributed by atoms with Gasteiger partial charge >= 0.3 is 5.69 Å². The molecule has 3 fully saturated rings. The number of sulfonamides is 1. The van der Waals surface area contributed by atoms with E-state index in [9.17, 15) is 23.3 Å². The number of carbonyl (C=O) groups is 1. The number of H-pyrrole nitrogens is 1. The normalized spacial score (nSPS) is 19.6. The summed E-state index contributed by atoms with van der Waals surface area (Å²) in [6, 6.07) is 29.3. The van der Waals surface area contributed by atoms with E-state index in [4.69, 9.17) is 9.72 Å². The van der Waals surface area contributed by atoms with Gasteiger partial charge in [-0.25, -0.2) is 14.7 Å². The summed E-state index contributed by atoms with van der Waals surface area (Å²) >= 11 is 0. The average molecular weight is 921 g/mol. The summed E-state index contributed by atoms with van der Waals surface area (Å²) in [4.78, 5) is 44.4. The molecule has 2 atom stereocenters. The number of aromatic nitrogens is 5. The number of likely N-dealkylation sites (tertiary alicyclic amines) is 1. The minimum Gasteiger partial charge on any atom is -0.474 e. The summed E-state index contributed by atoms with van der Waals surface area (Å²) in [6.07, 6.45) is 10.8. The van der Waals surface area contributed by atoms with Gasteiger partial charge in [-0.2, -0.15) is 13.4 Å². The number of fused-ring (bicyclic) bond motifs is 3. The largest absolute Gasteiger partial charge is 0.474 e. The number of rotatable bonds is 11. The molecular weight excluding hydrogens is 869 g/mol. The zero-order valence-electron chi connectivity index (χ0n) is 37.4. The van der Waals surface area contributed by atoms with Gasteiger partial charge in [0.25, 0.3) is 15.9 Å². The van der Waals surface area contributed by atoms with Gasteiger partial charge in [0.15, 0.2) is 16.4 Å². The second kappa shape index (κ2) is 16.8. The predicted molar refractivity (Wildman–Crippen MR) is 255 cm³/mol. The Kier molecular flexibility index (Phi) is 10.7. The van der Waals surface area contributed by atoms with Gasteiger partial charge in [-0.15, -0.1) is 0 Å². The number of aromatic amines is 1. The number of pyridine rings is 2. The molecule has 7 heterocycles. The highest BCUT2D eigenvalue weighted by molar-refractivity contribution is 7.90. The first-order valence-electron chi connectivity index (χ1n) is 23.2. The van der Waals surface area contributed by atoms with Crippen LogP contribution in [0, 0.1) is 15.5 Å². The van der Waals surface area contributed by atoms with Crippen LogP contribution in [-0.4, -0.2) is 87.2 Å². The number of ether oxygens (including phenoxy) is 1. The number of hydrogen-bond donors (Lipinski definition) is 3. The van der Waals surface area contributed by atoms with Crippen LogP contribution in [0.5, 0.6) is 5.88 Å². The van der Waals surface area contributed by atoms with Crippen LogP contribution in [0.25, 0.3) is 27.8 Å². The van der Waals surface area contributed by atoms with E-state index < -0.39 is 31.6 Å². The first-order chi connectivity index (χ1) is 32.4. The monoisotopic (exact) mass is 920 g/mol. The number of hydrogen-bond acceptors (Lipinski definition) is 12. The molecule has 344 valence electrons. The molecule has 1 aliphatic carbocycles. The maximum atomic E-state index is 14.3. The smallest absolute Gasteiger partial charge is 0.300 e. The van der Waals surface area contributed by atoms with Crippen molar-refractivity contribution in [3.63, 3.8) is 0 Å². The van der Waals surface area contributed by atoms with Gasteiger partial charge in [0.05, 0.1) is 33.8 Å². The van der Waals surface area contributed by atoms with Crippen LogP contribution in [0.15, 0.2) is 108 Å². The molecule has 4 aliphatic rings. The van der Waals surface area contributed by atoms with Gasteiger partial charge < -0.3 is 15.0 Å². The number of nitrogens with one attached hydrogen (secondary N) is 3. The molecule has 2 saturated heterocycles. The Morgan fingerprint density at radius 2 is 1.78 bits per heavy atom. The van der Waals surface area contributed by atoms with E-state index in [0.717, 1.165) is 55.2 Å². The summed E-state index contributed by atoms with van der Waals surface area (Å²) < 4.78 is 37.8. The van der Waals surface area contributed by atoms with Crippen molar-refractivity contribution in [2.24, 2.45) is 5.41 Å². The van der Waals surface area contributed by atoms with E-state index in [1.54, 1.807) is 23.1 Å². The van der Waals surface area contributed by atoms with Gasteiger partial charge in [0.2, 0.25) is 5.88 Å². The molecule has 16 nitrogen and oxygen atoms in total. The maximum Gasteiger partial charge on any atom is 0.300 e. The third-order valence-corrected chi connectivity index (χ3v) is 15.7. The van der Waals surface area contributed by atoms with E-state index in [0.29, 0.717) is 52.2 Å². The lowest BCUT2D eigenvalue weighted by Crippen LogP contribution is -2.55. The number of piperidine rings is 1. The molecule has 0 radical (unpaired) electrons.